The second-order valence-electron chi connectivity index (χ2n) is 9.32. The van der Waals surface area contributed by atoms with Gasteiger partial charge in [0.25, 0.3) is 0 Å². The van der Waals surface area contributed by atoms with Crippen molar-refractivity contribution in [2.45, 2.75) is 65.4 Å². The molecule has 1 fully saturated rings. The van der Waals surface area contributed by atoms with E-state index in [0.717, 1.165) is 54.3 Å². The number of carbonyl (C=O) groups is 2. The van der Waals surface area contributed by atoms with Crippen molar-refractivity contribution in [3.8, 4) is 0 Å². The highest BCUT2D eigenvalue weighted by Crippen LogP contribution is 2.38. The molecule has 0 unspecified atom stereocenters. The van der Waals surface area contributed by atoms with Crippen molar-refractivity contribution >= 4 is 56.0 Å². The van der Waals surface area contributed by atoms with Gasteiger partial charge >= 0.3 is 12.1 Å². The quantitative estimate of drug-likeness (QED) is 0.229. The molecular formula is C24H35ClN4O5S. The fraction of sp³-hybridized carbons (Fsp3) is 0.667. The van der Waals surface area contributed by atoms with Crippen LogP contribution in [0.15, 0.2) is 6.07 Å². The highest BCUT2D eigenvalue weighted by molar-refractivity contribution is 7.23. The molecule has 3 rings (SSSR count). The summed E-state index contributed by atoms with van der Waals surface area (Å²) in [6.07, 6.45) is 3.33. The minimum absolute atomic E-state index is 0.163. The molecule has 0 spiro atoms. The van der Waals surface area contributed by atoms with E-state index in [9.17, 15) is 9.59 Å². The number of anilines is 2. The van der Waals surface area contributed by atoms with Crippen LogP contribution in [0.25, 0.3) is 10.2 Å². The topological polar surface area (TPSA) is 94.1 Å². The van der Waals surface area contributed by atoms with Crippen LogP contribution in [0, 0.1) is 0 Å². The van der Waals surface area contributed by atoms with Crippen molar-refractivity contribution in [1.29, 1.82) is 0 Å². The number of carbonyl (C=O) groups excluding carboxylic acids is 2. The number of ether oxygens (including phenoxy) is 3. The molecule has 0 N–H and O–H groups in total. The van der Waals surface area contributed by atoms with Crippen LogP contribution in [0.4, 0.5) is 15.6 Å². The largest absolute Gasteiger partial charge is 0.466 e. The van der Waals surface area contributed by atoms with Crippen LogP contribution in [0.2, 0.25) is 5.28 Å². The lowest BCUT2D eigenvalue weighted by atomic mass is 10.1. The molecule has 2 aromatic rings. The number of hydrogen-bond donors (Lipinski definition) is 0. The number of esters is 1. The normalized spacial score (nSPS) is 14.3. The molecule has 0 saturated carbocycles. The molecule has 0 radical (unpaired) electrons. The predicted molar refractivity (Wildman–Crippen MR) is 139 cm³/mol. The van der Waals surface area contributed by atoms with Gasteiger partial charge in [0.05, 0.1) is 30.0 Å². The van der Waals surface area contributed by atoms with E-state index in [2.05, 4.69) is 14.9 Å². The van der Waals surface area contributed by atoms with Crippen LogP contribution in [0.5, 0.6) is 0 Å². The van der Waals surface area contributed by atoms with Crippen LogP contribution in [0.3, 0.4) is 0 Å². The predicted octanol–water partition coefficient (Wildman–Crippen LogP) is 5.44. The molecule has 0 aromatic carbocycles. The Balaban J connectivity index is 1.75. The zero-order valence-corrected chi connectivity index (χ0v) is 22.5. The van der Waals surface area contributed by atoms with Gasteiger partial charge < -0.3 is 19.1 Å². The van der Waals surface area contributed by atoms with Gasteiger partial charge in [0.1, 0.15) is 10.6 Å². The van der Waals surface area contributed by atoms with Gasteiger partial charge in [0, 0.05) is 26.1 Å². The summed E-state index contributed by atoms with van der Waals surface area (Å²) in [6.45, 7) is 11.0. The Hall–Kier alpha value is -2.17. The van der Waals surface area contributed by atoms with Crippen LogP contribution in [-0.4, -0.2) is 67.1 Å². The van der Waals surface area contributed by atoms with Crippen molar-refractivity contribution < 1.29 is 23.8 Å². The number of rotatable bonds is 10. The summed E-state index contributed by atoms with van der Waals surface area (Å²) in [5.41, 5.74) is 0.0859. The third kappa shape index (κ3) is 8.18. The molecule has 35 heavy (non-hydrogen) atoms. The minimum Gasteiger partial charge on any atom is -0.466 e. The Morgan fingerprint density at radius 2 is 1.89 bits per heavy atom. The van der Waals surface area contributed by atoms with Gasteiger partial charge in [-0.3, -0.25) is 9.69 Å². The Bertz CT molecular complexity index is 1000. The van der Waals surface area contributed by atoms with Crippen LogP contribution >= 0.6 is 22.9 Å². The van der Waals surface area contributed by atoms with Gasteiger partial charge in [-0.05, 0) is 58.2 Å². The van der Waals surface area contributed by atoms with E-state index in [0.29, 0.717) is 38.3 Å². The van der Waals surface area contributed by atoms with Crippen molar-refractivity contribution in [3.05, 3.63) is 11.3 Å². The van der Waals surface area contributed by atoms with Crippen LogP contribution in [0.1, 0.15) is 59.8 Å². The van der Waals surface area contributed by atoms with Crippen molar-refractivity contribution in [2.75, 3.05) is 49.3 Å². The highest BCUT2D eigenvalue weighted by Gasteiger charge is 2.26. The molecule has 2 aromatic heterocycles. The van der Waals surface area contributed by atoms with Gasteiger partial charge in [0.15, 0.2) is 5.82 Å². The molecule has 0 bridgehead atoms. The van der Waals surface area contributed by atoms with E-state index in [1.807, 2.05) is 26.8 Å². The number of morpholine rings is 1. The van der Waals surface area contributed by atoms with E-state index in [4.69, 9.17) is 25.8 Å². The lowest BCUT2D eigenvalue weighted by Gasteiger charge is -2.28. The maximum absolute atomic E-state index is 13.1. The molecule has 1 saturated heterocycles. The smallest absolute Gasteiger partial charge is 0.415 e. The number of halogens is 1. The van der Waals surface area contributed by atoms with Gasteiger partial charge in [-0.1, -0.05) is 12.8 Å². The lowest BCUT2D eigenvalue weighted by Crippen LogP contribution is -2.37. The number of thiophene rings is 1. The molecule has 3 heterocycles. The molecule has 1 amide bonds. The number of amides is 1. The molecule has 0 aliphatic carbocycles. The number of fused-ring (bicyclic) bond motifs is 1. The Kier molecular flexibility index (Phi) is 9.94. The molecule has 194 valence electrons. The summed E-state index contributed by atoms with van der Waals surface area (Å²) >= 11 is 7.71. The third-order valence-corrected chi connectivity index (χ3v) is 6.63. The summed E-state index contributed by atoms with van der Waals surface area (Å²) in [7, 11) is 0. The van der Waals surface area contributed by atoms with Crippen LogP contribution in [-0.2, 0) is 19.0 Å². The van der Waals surface area contributed by atoms with Crippen molar-refractivity contribution in [2.24, 2.45) is 0 Å². The van der Waals surface area contributed by atoms with E-state index >= 15 is 0 Å². The molecular weight excluding hydrogens is 492 g/mol. The summed E-state index contributed by atoms with van der Waals surface area (Å²) in [5.74, 6) is 0.603. The van der Waals surface area contributed by atoms with E-state index in [-0.39, 0.29) is 11.3 Å². The van der Waals surface area contributed by atoms with Crippen molar-refractivity contribution in [3.63, 3.8) is 0 Å². The fourth-order valence-corrected chi connectivity index (χ4v) is 5.03. The molecule has 9 nitrogen and oxygen atoms in total. The minimum atomic E-state index is -0.617. The van der Waals surface area contributed by atoms with E-state index < -0.39 is 11.7 Å². The lowest BCUT2D eigenvalue weighted by molar-refractivity contribution is -0.143. The second-order valence-corrected chi connectivity index (χ2v) is 10.7. The molecule has 1 aliphatic heterocycles. The summed E-state index contributed by atoms with van der Waals surface area (Å²) in [5, 5.41) is 0.917. The first-order chi connectivity index (χ1) is 16.7. The number of hydrogen-bond acceptors (Lipinski definition) is 9. The monoisotopic (exact) mass is 526 g/mol. The Labute approximate surface area is 215 Å². The van der Waals surface area contributed by atoms with Gasteiger partial charge in [-0.2, -0.15) is 4.98 Å². The summed E-state index contributed by atoms with van der Waals surface area (Å²) < 4.78 is 17.0. The first-order valence-electron chi connectivity index (χ1n) is 12.1. The molecule has 1 aliphatic rings. The average Bonchev–Trinajstić information content (AvgIpc) is 3.20. The standard InChI is InChI=1S/C24H35ClN4O5S/c1-5-33-19(30)10-8-6-7-9-11-29(23(31)34-24(2,3)4)18-16-17-20(35-18)21(27-22(25)26-17)28-12-14-32-15-13-28/h16H,5-15H2,1-4H3. The van der Waals surface area contributed by atoms with Crippen LogP contribution < -0.4 is 9.80 Å². The highest BCUT2D eigenvalue weighted by atomic mass is 35.5. The molecule has 0 atom stereocenters. The van der Waals surface area contributed by atoms with Crippen molar-refractivity contribution in [1.82, 2.24) is 9.97 Å². The SMILES string of the molecule is CCOC(=O)CCCCCCN(C(=O)OC(C)(C)C)c1cc2nc(Cl)nc(N3CCOCC3)c2s1. The van der Waals surface area contributed by atoms with E-state index in [1.54, 1.807) is 11.8 Å². The zero-order valence-electron chi connectivity index (χ0n) is 21.0. The third-order valence-electron chi connectivity index (χ3n) is 5.32. The average molecular weight is 527 g/mol. The Morgan fingerprint density at radius 1 is 1.17 bits per heavy atom. The summed E-state index contributed by atoms with van der Waals surface area (Å²) in [6, 6.07) is 1.88. The maximum atomic E-state index is 13.1. The zero-order chi connectivity index (χ0) is 25.4. The van der Waals surface area contributed by atoms with Gasteiger partial charge in [-0.25, -0.2) is 9.78 Å². The van der Waals surface area contributed by atoms with Gasteiger partial charge in [-0.15, -0.1) is 11.3 Å². The van der Waals surface area contributed by atoms with E-state index in [1.165, 1.54) is 11.3 Å². The number of aromatic nitrogens is 2. The first kappa shape index (κ1) is 27.4. The first-order valence-corrected chi connectivity index (χ1v) is 13.3. The summed E-state index contributed by atoms with van der Waals surface area (Å²) in [4.78, 5) is 37.4. The molecule has 11 heteroatoms. The second kappa shape index (κ2) is 12.7. The number of unbranched alkanes of at least 4 members (excludes halogenated alkanes) is 3. The maximum Gasteiger partial charge on any atom is 0.415 e. The number of nitrogens with zero attached hydrogens (tertiary/aromatic N) is 4. The fourth-order valence-electron chi connectivity index (χ4n) is 3.73. The Morgan fingerprint density at radius 3 is 2.57 bits per heavy atom. The van der Waals surface area contributed by atoms with Gasteiger partial charge in [0.2, 0.25) is 5.28 Å².